The van der Waals surface area contributed by atoms with Crippen LogP contribution in [0.3, 0.4) is 0 Å². The van der Waals surface area contributed by atoms with Gasteiger partial charge in [-0.15, -0.1) is 0 Å². The quantitative estimate of drug-likeness (QED) is 0.579. The lowest BCUT2D eigenvalue weighted by atomic mass is 10.1. The largest absolute Gasteiger partial charge is 0.396 e. The number of amides is 1. The Hall–Kier alpha value is -0.610. The van der Waals surface area contributed by atoms with Gasteiger partial charge in [0.15, 0.2) is 0 Å². The molecular formula is C10H20N2O2. The molecule has 0 aromatic rings. The highest BCUT2D eigenvalue weighted by molar-refractivity contribution is 5.81. The Morgan fingerprint density at radius 3 is 3.07 bits per heavy atom. The molecule has 0 aromatic carbocycles. The summed E-state index contributed by atoms with van der Waals surface area (Å²) >= 11 is 0. The highest BCUT2D eigenvalue weighted by Gasteiger charge is 2.21. The molecule has 1 fully saturated rings. The van der Waals surface area contributed by atoms with Crippen molar-refractivity contribution in [2.75, 3.05) is 19.7 Å². The molecule has 4 nitrogen and oxygen atoms in total. The number of aliphatic hydroxyl groups excluding tert-OH is 1. The van der Waals surface area contributed by atoms with Crippen LogP contribution in [0.25, 0.3) is 0 Å². The zero-order valence-corrected chi connectivity index (χ0v) is 8.75. The van der Waals surface area contributed by atoms with E-state index < -0.39 is 0 Å². The first-order valence-electron chi connectivity index (χ1n) is 5.36. The van der Waals surface area contributed by atoms with Gasteiger partial charge in [-0.25, -0.2) is 0 Å². The first-order chi connectivity index (χ1) is 6.74. The maximum absolute atomic E-state index is 11.5. The third-order valence-corrected chi connectivity index (χ3v) is 2.62. The summed E-state index contributed by atoms with van der Waals surface area (Å²) in [6.45, 7) is 3.83. The Labute approximate surface area is 85.1 Å². The van der Waals surface area contributed by atoms with E-state index in [2.05, 4.69) is 10.6 Å². The lowest BCUT2D eigenvalue weighted by molar-refractivity contribution is -0.122. The summed E-state index contributed by atoms with van der Waals surface area (Å²) in [4.78, 5) is 11.5. The van der Waals surface area contributed by atoms with E-state index in [1.807, 2.05) is 6.92 Å². The number of hydrogen-bond acceptors (Lipinski definition) is 3. The first-order valence-corrected chi connectivity index (χ1v) is 5.36. The fourth-order valence-electron chi connectivity index (χ4n) is 1.63. The van der Waals surface area contributed by atoms with Crippen molar-refractivity contribution in [2.45, 2.75) is 32.2 Å². The van der Waals surface area contributed by atoms with Gasteiger partial charge in [-0.3, -0.25) is 4.79 Å². The van der Waals surface area contributed by atoms with Crippen LogP contribution in [0.5, 0.6) is 0 Å². The van der Waals surface area contributed by atoms with Crippen molar-refractivity contribution in [3.63, 3.8) is 0 Å². The highest BCUT2D eigenvalue weighted by atomic mass is 16.3. The molecule has 1 amide bonds. The van der Waals surface area contributed by atoms with Crippen LogP contribution in [-0.4, -0.2) is 36.8 Å². The Morgan fingerprint density at radius 2 is 2.50 bits per heavy atom. The van der Waals surface area contributed by atoms with Gasteiger partial charge in [0, 0.05) is 13.2 Å². The number of carbonyl (C=O) groups excluding carboxylic acids is 1. The number of nitrogens with one attached hydrogen (secondary N) is 2. The SMILES string of the molecule is CC(CCO)CNC(=O)C1CCCN1. The molecule has 2 atom stereocenters. The summed E-state index contributed by atoms with van der Waals surface area (Å²) in [5.41, 5.74) is 0. The van der Waals surface area contributed by atoms with Crippen LogP contribution in [0.1, 0.15) is 26.2 Å². The van der Waals surface area contributed by atoms with E-state index in [1.165, 1.54) is 0 Å². The molecule has 0 radical (unpaired) electrons. The van der Waals surface area contributed by atoms with Gasteiger partial charge in [-0.05, 0) is 31.7 Å². The van der Waals surface area contributed by atoms with E-state index >= 15 is 0 Å². The number of hydrogen-bond donors (Lipinski definition) is 3. The van der Waals surface area contributed by atoms with E-state index in [4.69, 9.17) is 5.11 Å². The van der Waals surface area contributed by atoms with Crippen LogP contribution >= 0.6 is 0 Å². The Bertz CT molecular complexity index is 179. The summed E-state index contributed by atoms with van der Waals surface area (Å²) in [7, 11) is 0. The average Bonchev–Trinajstić information content (AvgIpc) is 2.67. The van der Waals surface area contributed by atoms with Gasteiger partial charge in [0.25, 0.3) is 0 Å². The topological polar surface area (TPSA) is 61.4 Å². The Kier molecular flexibility index (Phi) is 4.90. The van der Waals surface area contributed by atoms with Crippen LogP contribution in [-0.2, 0) is 4.79 Å². The van der Waals surface area contributed by atoms with Crippen molar-refractivity contribution >= 4 is 5.91 Å². The Balaban J connectivity index is 2.13. The van der Waals surface area contributed by atoms with E-state index in [-0.39, 0.29) is 18.6 Å². The zero-order valence-electron chi connectivity index (χ0n) is 8.75. The molecule has 0 saturated carbocycles. The van der Waals surface area contributed by atoms with Gasteiger partial charge in [-0.1, -0.05) is 6.92 Å². The van der Waals surface area contributed by atoms with Crippen LogP contribution < -0.4 is 10.6 Å². The maximum atomic E-state index is 11.5. The summed E-state index contributed by atoms with van der Waals surface area (Å²) in [6, 6.07) is 0.0105. The minimum Gasteiger partial charge on any atom is -0.396 e. The van der Waals surface area contributed by atoms with Gasteiger partial charge in [0.2, 0.25) is 5.91 Å². The van der Waals surface area contributed by atoms with Gasteiger partial charge in [0.05, 0.1) is 6.04 Å². The van der Waals surface area contributed by atoms with Gasteiger partial charge in [0.1, 0.15) is 0 Å². The number of rotatable bonds is 5. The molecule has 2 unspecified atom stereocenters. The van der Waals surface area contributed by atoms with Crippen LogP contribution in [0.2, 0.25) is 0 Å². The molecule has 3 N–H and O–H groups in total. The molecule has 1 aliphatic rings. The fourth-order valence-corrected chi connectivity index (χ4v) is 1.63. The molecule has 1 saturated heterocycles. The van der Waals surface area contributed by atoms with E-state index in [0.717, 1.165) is 25.8 Å². The second kappa shape index (κ2) is 5.98. The second-order valence-electron chi connectivity index (χ2n) is 4.01. The van der Waals surface area contributed by atoms with Crippen molar-refractivity contribution in [2.24, 2.45) is 5.92 Å². The number of carbonyl (C=O) groups is 1. The van der Waals surface area contributed by atoms with Crippen molar-refractivity contribution in [1.29, 1.82) is 0 Å². The predicted octanol–water partition coefficient (Wildman–Crippen LogP) is -0.127. The standard InChI is InChI=1S/C10H20N2O2/c1-8(4-6-13)7-12-10(14)9-3-2-5-11-9/h8-9,11,13H,2-7H2,1H3,(H,12,14). The van der Waals surface area contributed by atoms with E-state index in [0.29, 0.717) is 12.5 Å². The monoisotopic (exact) mass is 200 g/mol. The summed E-state index contributed by atoms with van der Waals surface area (Å²) in [5.74, 6) is 0.456. The third-order valence-electron chi connectivity index (χ3n) is 2.62. The molecule has 82 valence electrons. The van der Waals surface area contributed by atoms with Gasteiger partial charge >= 0.3 is 0 Å². The molecule has 14 heavy (non-hydrogen) atoms. The van der Waals surface area contributed by atoms with Crippen molar-refractivity contribution in [1.82, 2.24) is 10.6 Å². The minimum absolute atomic E-state index is 0.0105. The maximum Gasteiger partial charge on any atom is 0.237 e. The van der Waals surface area contributed by atoms with Gasteiger partial charge in [-0.2, -0.15) is 0 Å². The van der Waals surface area contributed by atoms with Crippen LogP contribution in [0, 0.1) is 5.92 Å². The lowest BCUT2D eigenvalue weighted by Gasteiger charge is -2.14. The third kappa shape index (κ3) is 3.64. The first kappa shape index (κ1) is 11.5. The summed E-state index contributed by atoms with van der Waals surface area (Å²) in [6.07, 6.45) is 2.78. The summed E-state index contributed by atoms with van der Waals surface area (Å²) in [5, 5.41) is 14.7. The van der Waals surface area contributed by atoms with Gasteiger partial charge < -0.3 is 15.7 Å². The predicted molar refractivity (Wildman–Crippen MR) is 54.9 cm³/mol. The molecule has 1 aliphatic heterocycles. The molecular weight excluding hydrogens is 180 g/mol. The van der Waals surface area contributed by atoms with E-state index in [1.54, 1.807) is 0 Å². The Morgan fingerprint density at radius 1 is 1.71 bits per heavy atom. The van der Waals surface area contributed by atoms with Crippen molar-refractivity contribution in [3.8, 4) is 0 Å². The minimum atomic E-state index is 0.0105. The molecule has 1 heterocycles. The molecule has 0 bridgehead atoms. The second-order valence-corrected chi connectivity index (χ2v) is 4.01. The molecule has 0 aliphatic carbocycles. The zero-order chi connectivity index (χ0) is 10.4. The summed E-state index contributed by atoms with van der Waals surface area (Å²) < 4.78 is 0. The van der Waals surface area contributed by atoms with Crippen LogP contribution in [0.4, 0.5) is 0 Å². The lowest BCUT2D eigenvalue weighted by Crippen LogP contribution is -2.42. The van der Waals surface area contributed by atoms with Crippen molar-refractivity contribution in [3.05, 3.63) is 0 Å². The number of aliphatic hydroxyl groups is 1. The van der Waals surface area contributed by atoms with Crippen LogP contribution in [0.15, 0.2) is 0 Å². The van der Waals surface area contributed by atoms with Crippen molar-refractivity contribution < 1.29 is 9.90 Å². The molecule has 4 heteroatoms. The fraction of sp³-hybridized carbons (Fsp3) is 0.900. The average molecular weight is 200 g/mol. The van der Waals surface area contributed by atoms with E-state index in [9.17, 15) is 4.79 Å². The smallest absolute Gasteiger partial charge is 0.237 e. The molecule has 0 aromatic heterocycles. The highest BCUT2D eigenvalue weighted by Crippen LogP contribution is 2.05. The molecule has 0 spiro atoms. The molecule has 1 rings (SSSR count). The normalized spacial score (nSPS) is 23.4.